The molecule has 0 aliphatic carbocycles. The molecular weight excluding hydrogens is 246 g/mol. The molecule has 98 valence electrons. The number of nitrogens with one attached hydrogen (secondary N) is 1. The van der Waals surface area contributed by atoms with E-state index in [4.69, 9.17) is 0 Å². The molecule has 1 unspecified atom stereocenters. The first kappa shape index (κ1) is 13.3. The summed E-state index contributed by atoms with van der Waals surface area (Å²) in [5, 5.41) is 12.7. The Hall–Kier alpha value is -1.16. The lowest BCUT2D eigenvalue weighted by atomic mass is 10.1. The molecule has 1 aliphatic heterocycles. The number of thioether (sulfide) groups is 1. The lowest BCUT2D eigenvalue weighted by Crippen LogP contribution is -2.36. The molecule has 3 nitrogen and oxygen atoms in total. The number of hydrogen-bond donors (Lipinski definition) is 2. The minimum atomic E-state index is -0.193. The standard InChI is InChI=1S/C14H19NO2S/c1-10-4-5-11(12(16)8-10)13(17)15-9-14(2)6-3-7-18-14/h4-5,8,16H,3,6-7,9H2,1-2H3,(H,15,17). The third kappa shape index (κ3) is 2.99. The summed E-state index contributed by atoms with van der Waals surface area (Å²) in [6.07, 6.45) is 2.35. The highest BCUT2D eigenvalue weighted by Gasteiger charge is 2.30. The molecular formula is C14H19NO2S. The Labute approximate surface area is 112 Å². The van der Waals surface area contributed by atoms with E-state index in [1.807, 2.05) is 24.8 Å². The SMILES string of the molecule is Cc1ccc(C(=O)NCC2(C)CCCS2)c(O)c1. The first-order chi connectivity index (χ1) is 8.50. The highest BCUT2D eigenvalue weighted by molar-refractivity contribution is 8.00. The maximum atomic E-state index is 12.0. The van der Waals surface area contributed by atoms with Crippen molar-refractivity contribution < 1.29 is 9.90 Å². The molecule has 1 aliphatic rings. The van der Waals surface area contributed by atoms with Gasteiger partial charge in [0.25, 0.3) is 5.91 Å². The van der Waals surface area contributed by atoms with Crippen LogP contribution in [0.5, 0.6) is 5.75 Å². The summed E-state index contributed by atoms with van der Waals surface area (Å²) in [6.45, 7) is 4.72. The van der Waals surface area contributed by atoms with Crippen molar-refractivity contribution in [3.63, 3.8) is 0 Å². The number of carbonyl (C=O) groups excluding carboxylic acids is 1. The molecule has 0 bridgehead atoms. The zero-order valence-electron chi connectivity index (χ0n) is 10.8. The van der Waals surface area contributed by atoms with E-state index in [9.17, 15) is 9.90 Å². The quantitative estimate of drug-likeness (QED) is 0.883. The van der Waals surface area contributed by atoms with Crippen molar-refractivity contribution in [2.75, 3.05) is 12.3 Å². The molecule has 0 saturated carbocycles. The summed E-state index contributed by atoms with van der Waals surface area (Å²) in [5.41, 5.74) is 1.30. The van der Waals surface area contributed by atoms with Gasteiger partial charge in [0.15, 0.2) is 0 Å². The Bertz CT molecular complexity index is 453. The van der Waals surface area contributed by atoms with E-state index in [1.165, 1.54) is 12.2 Å². The number of rotatable bonds is 3. The van der Waals surface area contributed by atoms with Crippen molar-refractivity contribution >= 4 is 17.7 Å². The van der Waals surface area contributed by atoms with Crippen LogP contribution in [0.1, 0.15) is 35.7 Å². The second-order valence-corrected chi connectivity index (χ2v) is 6.79. The van der Waals surface area contributed by atoms with Crippen molar-refractivity contribution in [3.8, 4) is 5.75 Å². The molecule has 4 heteroatoms. The zero-order chi connectivity index (χ0) is 13.2. The molecule has 1 aromatic rings. The van der Waals surface area contributed by atoms with E-state index in [0.29, 0.717) is 12.1 Å². The zero-order valence-corrected chi connectivity index (χ0v) is 11.6. The van der Waals surface area contributed by atoms with Gasteiger partial charge < -0.3 is 10.4 Å². The average Bonchev–Trinajstić information content (AvgIpc) is 2.74. The summed E-state index contributed by atoms with van der Waals surface area (Å²) >= 11 is 1.91. The van der Waals surface area contributed by atoms with Gasteiger partial charge in [-0.2, -0.15) is 11.8 Å². The summed E-state index contributed by atoms with van der Waals surface area (Å²) in [4.78, 5) is 12.0. The maximum absolute atomic E-state index is 12.0. The predicted molar refractivity (Wildman–Crippen MR) is 75.3 cm³/mol. The van der Waals surface area contributed by atoms with Gasteiger partial charge in [-0.05, 0) is 50.1 Å². The lowest BCUT2D eigenvalue weighted by Gasteiger charge is -2.22. The van der Waals surface area contributed by atoms with E-state index in [1.54, 1.807) is 12.1 Å². The Morgan fingerprint density at radius 3 is 2.94 bits per heavy atom. The van der Waals surface area contributed by atoms with Crippen molar-refractivity contribution in [3.05, 3.63) is 29.3 Å². The fourth-order valence-electron chi connectivity index (χ4n) is 2.17. The first-order valence-electron chi connectivity index (χ1n) is 6.22. The Kier molecular flexibility index (Phi) is 3.85. The fourth-order valence-corrected chi connectivity index (χ4v) is 3.42. The van der Waals surface area contributed by atoms with Crippen molar-refractivity contribution in [2.45, 2.75) is 31.4 Å². The third-order valence-corrected chi connectivity index (χ3v) is 4.86. The number of carbonyl (C=O) groups is 1. The minimum absolute atomic E-state index is 0.0525. The molecule has 18 heavy (non-hydrogen) atoms. The molecule has 0 spiro atoms. The number of phenolic OH excluding ortho intramolecular Hbond substituents is 1. The second kappa shape index (κ2) is 5.22. The van der Waals surface area contributed by atoms with Gasteiger partial charge in [-0.25, -0.2) is 0 Å². The van der Waals surface area contributed by atoms with Crippen LogP contribution in [-0.4, -0.2) is 28.1 Å². The van der Waals surface area contributed by atoms with Gasteiger partial charge >= 0.3 is 0 Å². The number of hydrogen-bond acceptors (Lipinski definition) is 3. The molecule has 0 aromatic heterocycles. The van der Waals surface area contributed by atoms with E-state index < -0.39 is 0 Å². The van der Waals surface area contributed by atoms with Gasteiger partial charge in [-0.3, -0.25) is 4.79 Å². The van der Waals surface area contributed by atoms with Crippen LogP contribution in [0.15, 0.2) is 18.2 Å². The van der Waals surface area contributed by atoms with E-state index in [-0.39, 0.29) is 16.4 Å². The monoisotopic (exact) mass is 265 g/mol. The average molecular weight is 265 g/mol. The van der Waals surface area contributed by atoms with Gasteiger partial charge in [0.2, 0.25) is 0 Å². The molecule has 1 aromatic carbocycles. The molecule has 1 heterocycles. The molecule has 2 N–H and O–H groups in total. The van der Waals surface area contributed by atoms with Crippen LogP contribution in [0.3, 0.4) is 0 Å². The smallest absolute Gasteiger partial charge is 0.255 e. The Balaban J connectivity index is 1.99. The summed E-state index contributed by atoms with van der Waals surface area (Å²) in [6, 6.07) is 5.12. The van der Waals surface area contributed by atoms with Gasteiger partial charge in [0.05, 0.1) is 5.56 Å². The molecule has 0 radical (unpaired) electrons. The summed E-state index contributed by atoms with van der Waals surface area (Å²) in [5.74, 6) is 1.03. The highest BCUT2D eigenvalue weighted by Crippen LogP contribution is 2.37. The van der Waals surface area contributed by atoms with E-state index >= 15 is 0 Å². The first-order valence-corrected chi connectivity index (χ1v) is 7.20. The maximum Gasteiger partial charge on any atom is 0.255 e. The van der Waals surface area contributed by atoms with Crippen molar-refractivity contribution in [1.29, 1.82) is 0 Å². The lowest BCUT2D eigenvalue weighted by molar-refractivity contribution is 0.0947. The topological polar surface area (TPSA) is 49.3 Å². The summed E-state index contributed by atoms with van der Waals surface area (Å²) < 4.78 is 0.149. The highest BCUT2D eigenvalue weighted by atomic mass is 32.2. The van der Waals surface area contributed by atoms with Crippen LogP contribution in [0, 0.1) is 6.92 Å². The van der Waals surface area contributed by atoms with Crippen LogP contribution in [0.25, 0.3) is 0 Å². The number of benzene rings is 1. The number of amides is 1. The van der Waals surface area contributed by atoms with Crippen LogP contribution >= 0.6 is 11.8 Å². The van der Waals surface area contributed by atoms with Gasteiger partial charge in [-0.1, -0.05) is 6.07 Å². The Morgan fingerprint density at radius 1 is 1.56 bits per heavy atom. The van der Waals surface area contributed by atoms with E-state index in [2.05, 4.69) is 12.2 Å². The van der Waals surface area contributed by atoms with Gasteiger partial charge in [0.1, 0.15) is 5.75 Å². The third-order valence-electron chi connectivity index (χ3n) is 3.32. The van der Waals surface area contributed by atoms with Crippen molar-refractivity contribution in [2.24, 2.45) is 0 Å². The van der Waals surface area contributed by atoms with Gasteiger partial charge in [-0.15, -0.1) is 0 Å². The number of aryl methyl sites for hydroxylation is 1. The fraction of sp³-hybridized carbons (Fsp3) is 0.500. The van der Waals surface area contributed by atoms with Crippen molar-refractivity contribution in [1.82, 2.24) is 5.32 Å². The van der Waals surface area contributed by atoms with Crippen LogP contribution in [0.2, 0.25) is 0 Å². The molecule has 1 saturated heterocycles. The second-order valence-electron chi connectivity index (χ2n) is 5.11. The molecule has 1 atom stereocenters. The van der Waals surface area contributed by atoms with Gasteiger partial charge in [0, 0.05) is 11.3 Å². The normalized spacial score (nSPS) is 23.0. The Morgan fingerprint density at radius 2 is 2.33 bits per heavy atom. The number of phenols is 1. The van der Waals surface area contributed by atoms with Crippen LogP contribution in [-0.2, 0) is 0 Å². The van der Waals surface area contributed by atoms with Crippen LogP contribution in [0.4, 0.5) is 0 Å². The van der Waals surface area contributed by atoms with E-state index in [0.717, 1.165) is 12.0 Å². The number of aromatic hydroxyl groups is 1. The minimum Gasteiger partial charge on any atom is -0.507 e. The molecule has 2 rings (SSSR count). The predicted octanol–water partition coefficient (Wildman–Crippen LogP) is 2.72. The summed E-state index contributed by atoms with van der Waals surface area (Å²) in [7, 11) is 0. The molecule has 1 fully saturated rings. The van der Waals surface area contributed by atoms with Crippen LogP contribution < -0.4 is 5.32 Å². The largest absolute Gasteiger partial charge is 0.507 e. The molecule has 1 amide bonds.